The lowest BCUT2D eigenvalue weighted by atomic mass is 10.2. The van der Waals surface area contributed by atoms with Gasteiger partial charge in [-0.25, -0.2) is 0 Å². The van der Waals surface area contributed by atoms with E-state index in [2.05, 4.69) is 24.1 Å². The fourth-order valence-corrected chi connectivity index (χ4v) is 2.46. The SMILES string of the molecule is CCC(CC)NCCN1CC(OC)C(OC)C1. The number of likely N-dealkylation sites (tertiary alicyclic amines) is 1. The lowest BCUT2D eigenvalue weighted by molar-refractivity contribution is -0.00461. The highest BCUT2D eigenvalue weighted by atomic mass is 16.5. The van der Waals surface area contributed by atoms with Crippen LogP contribution in [0.25, 0.3) is 0 Å². The van der Waals surface area contributed by atoms with Crippen LogP contribution >= 0.6 is 0 Å². The molecule has 0 aromatic rings. The van der Waals surface area contributed by atoms with Crippen molar-refractivity contribution in [2.24, 2.45) is 0 Å². The summed E-state index contributed by atoms with van der Waals surface area (Å²) in [7, 11) is 3.53. The van der Waals surface area contributed by atoms with Crippen molar-refractivity contribution < 1.29 is 9.47 Å². The average Bonchev–Trinajstić information content (AvgIpc) is 2.77. The van der Waals surface area contributed by atoms with Gasteiger partial charge in [-0.3, -0.25) is 4.90 Å². The predicted molar refractivity (Wildman–Crippen MR) is 70.4 cm³/mol. The number of methoxy groups -OCH3 is 2. The Morgan fingerprint density at radius 3 is 2.06 bits per heavy atom. The second kappa shape index (κ2) is 8.03. The van der Waals surface area contributed by atoms with Gasteiger partial charge in [0.05, 0.1) is 12.2 Å². The van der Waals surface area contributed by atoms with Crippen LogP contribution in [0.5, 0.6) is 0 Å². The zero-order chi connectivity index (χ0) is 12.7. The molecule has 0 aliphatic carbocycles. The topological polar surface area (TPSA) is 33.7 Å². The summed E-state index contributed by atoms with van der Waals surface area (Å²) < 4.78 is 10.9. The van der Waals surface area contributed by atoms with Gasteiger partial charge in [0.2, 0.25) is 0 Å². The van der Waals surface area contributed by atoms with Crippen molar-refractivity contribution in [2.45, 2.75) is 44.9 Å². The lowest BCUT2D eigenvalue weighted by Crippen LogP contribution is -2.36. The van der Waals surface area contributed by atoms with Gasteiger partial charge in [0.25, 0.3) is 0 Å². The molecule has 1 aliphatic rings. The number of nitrogens with zero attached hydrogens (tertiary/aromatic N) is 1. The largest absolute Gasteiger partial charge is 0.377 e. The van der Waals surface area contributed by atoms with Crippen LogP contribution in [0, 0.1) is 0 Å². The van der Waals surface area contributed by atoms with Gasteiger partial charge in [0.15, 0.2) is 0 Å². The zero-order valence-corrected chi connectivity index (χ0v) is 11.7. The highest BCUT2D eigenvalue weighted by Crippen LogP contribution is 2.14. The molecule has 17 heavy (non-hydrogen) atoms. The summed E-state index contributed by atoms with van der Waals surface area (Å²) in [6.07, 6.45) is 2.87. The van der Waals surface area contributed by atoms with Gasteiger partial charge >= 0.3 is 0 Å². The van der Waals surface area contributed by atoms with Crippen LogP contribution in [0.4, 0.5) is 0 Å². The first kappa shape index (κ1) is 14.9. The van der Waals surface area contributed by atoms with Crippen molar-refractivity contribution >= 4 is 0 Å². The Labute approximate surface area is 106 Å². The van der Waals surface area contributed by atoms with Crippen LogP contribution in [0.3, 0.4) is 0 Å². The molecule has 1 heterocycles. The molecule has 1 fully saturated rings. The van der Waals surface area contributed by atoms with Crippen molar-refractivity contribution in [3.05, 3.63) is 0 Å². The van der Waals surface area contributed by atoms with Gasteiger partial charge < -0.3 is 14.8 Å². The van der Waals surface area contributed by atoms with E-state index < -0.39 is 0 Å². The minimum Gasteiger partial charge on any atom is -0.377 e. The van der Waals surface area contributed by atoms with E-state index in [1.54, 1.807) is 14.2 Å². The number of nitrogens with one attached hydrogen (secondary N) is 1. The summed E-state index contributed by atoms with van der Waals surface area (Å²) in [4.78, 5) is 2.41. The van der Waals surface area contributed by atoms with Gasteiger partial charge in [0.1, 0.15) is 0 Å². The van der Waals surface area contributed by atoms with Crippen molar-refractivity contribution in [1.82, 2.24) is 10.2 Å². The molecule has 4 nitrogen and oxygen atoms in total. The van der Waals surface area contributed by atoms with Crippen LogP contribution < -0.4 is 5.32 Å². The molecule has 1 rings (SSSR count). The second-order valence-electron chi connectivity index (χ2n) is 4.78. The van der Waals surface area contributed by atoms with E-state index in [1.165, 1.54) is 12.8 Å². The molecule has 0 saturated carbocycles. The zero-order valence-electron chi connectivity index (χ0n) is 11.7. The van der Waals surface area contributed by atoms with Gasteiger partial charge in [-0.05, 0) is 12.8 Å². The number of ether oxygens (including phenoxy) is 2. The van der Waals surface area contributed by atoms with E-state index >= 15 is 0 Å². The Morgan fingerprint density at radius 1 is 1.12 bits per heavy atom. The molecular formula is C13H28N2O2. The Morgan fingerprint density at radius 2 is 1.65 bits per heavy atom. The predicted octanol–water partition coefficient (Wildman–Crippen LogP) is 1.11. The Bertz CT molecular complexity index is 186. The molecule has 2 unspecified atom stereocenters. The molecule has 1 aliphatic heterocycles. The number of hydrogen-bond donors (Lipinski definition) is 1. The van der Waals surface area contributed by atoms with E-state index in [4.69, 9.17) is 9.47 Å². The average molecular weight is 244 g/mol. The molecule has 1 saturated heterocycles. The van der Waals surface area contributed by atoms with E-state index in [-0.39, 0.29) is 12.2 Å². The van der Waals surface area contributed by atoms with Gasteiger partial charge in [0, 0.05) is 46.4 Å². The molecule has 0 spiro atoms. The fourth-order valence-electron chi connectivity index (χ4n) is 2.46. The Hall–Kier alpha value is -0.160. The molecule has 0 bridgehead atoms. The van der Waals surface area contributed by atoms with Gasteiger partial charge in [-0.2, -0.15) is 0 Å². The van der Waals surface area contributed by atoms with E-state index in [9.17, 15) is 0 Å². The van der Waals surface area contributed by atoms with E-state index in [1.807, 2.05) is 0 Å². The number of hydrogen-bond acceptors (Lipinski definition) is 4. The first-order valence-corrected chi connectivity index (χ1v) is 6.76. The standard InChI is InChI=1S/C13H28N2O2/c1-5-11(6-2)14-7-8-15-9-12(16-3)13(10-15)17-4/h11-14H,5-10H2,1-4H3. The summed E-state index contributed by atoms with van der Waals surface area (Å²) in [6.45, 7) is 8.58. The first-order chi connectivity index (χ1) is 8.24. The summed E-state index contributed by atoms with van der Waals surface area (Å²) >= 11 is 0. The maximum absolute atomic E-state index is 5.43. The van der Waals surface area contributed by atoms with Crippen LogP contribution in [0.2, 0.25) is 0 Å². The normalized spacial score (nSPS) is 25.9. The monoisotopic (exact) mass is 244 g/mol. The molecule has 0 aromatic carbocycles. The van der Waals surface area contributed by atoms with Crippen LogP contribution in [-0.2, 0) is 9.47 Å². The van der Waals surface area contributed by atoms with Gasteiger partial charge in [-0.1, -0.05) is 13.8 Å². The quantitative estimate of drug-likeness (QED) is 0.693. The van der Waals surface area contributed by atoms with Crippen molar-refractivity contribution in [3.8, 4) is 0 Å². The van der Waals surface area contributed by atoms with Gasteiger partial charge in [-0.15, -0.1) is 0 Å². The van der Waals surface area contributed by atoms with E-state index in [0.717, 1.165) is 26.2 Å². The van der Waals surface area contributed by atoms with Crippen LogP contribution in [0.15, 0.2) is 0 Å². The fraction of sp³-hybridized carbons (Fsp3) is 1.00. The highest BCUT2D eigenvalue weighted by molar-refractivity contribution is 4.85. The third kappa shape index (κ3) is 4.54. The second-order valence-corrected chi connectivity index (χ2v) is 4.78. The highest BCUT2D eigenvalue weighted by Gasteiger charge is 2.32. The van der Waals surface area contributed by atoms with Crippen molar-refractivity contribution in [2.75, 3.05) is 40.4 Å². The molecule has 102 valence electrons. The maximum Gasteiger partial charge on any atom is 0.0971 e. The molecule has 1 N–H and O–H groups in total. The molecule has 4 heteroatoms. The Balaban J connectivity index is 2.20. The molecule has 0 aromatic heterocycles. The third-order valence-electron chi connectivity index (χ3n) is 3.74. The summed E-state index contributed by atoms with van der Waals surface area (Å²) in [5.74, 6) is 0. The molecule has 0 amide bonds. The van der Waals surface area contributed by atoms with E-state index in [0.29, 0.717) is 6.04 Å². The summed E-state index contributed by atoms with van der Waals surface area (Å²) in [5, 5.41) is 3.59. The minimum atomic E-state index is 0.230. The molecule has 0 radical (unpaired) electrons. The molecular weight excluding hydrogens is 216 g/mol. The van der Waals surface area contributed by atoms with Crippen LogP contribution in [0.1, 0.15) is 26.7 Å². The lowest BCUT2D eigenvalue weighted by Gasteiger charge is -2.19. The van der Waals surface area contributed by atoms with Crippen molar-refractivity contribution in [1.29, 1.82) is 0 Å². The van der Waals surface area contributed by atoms with Crippen molar-refractivity contribution in [3.63, 3.8) is 0 Å². The third-order valence-corrected chi connectivity index (χ3v) is 3.74. The smallest absolute Gasteiger partial charge is 0.0971 e. The minimum absolute atomic E-state index is 0.230. The first-order valence-electron chi connectivity index (χ1n) is 6.76. The Kier molecular flexibility index (Phi) is 7.04. The summed E-state index contributed by atoms with van der Waals surface area (Å²) in [5.41, 5.74) is 0. The number of rotatable bonds is 8. The maximum atomic E-state index is 5.43. The van der Waals surface area contributed by atoms with Crippen LogP contribution in [-0.4, -0.2) is 63.5 Å². The summed E-state index contributed by atoms with van der Waals surface area (Å²) in [6, 6.07) is 0.661. The molecule has 2 atom stereocenters.